The minimum atomic E-state index is -2.80. The highest BCUT2D eigenvalue weighted by atomic mass is 35.5. The van der Waals surface area contributed by atoms with Gasteiger partial charge in [-0.2, -0.15) is 5.10 Å². The van der Waals surface area contributed by atoms with Crippen molar-refractivity contribution in [2.75, 3.05) is 31.6 Å². The molecule has 0 radical (unpaired) electrons. The van der Waals surface area contributed by atoms with Crippen LogP contribution in [0.1, 0.15) is 35.9 Å². The lowest BCUT2D eigenvalue weighted by Gasteiger charge is -2.39. The molecule has 3 aromatic rings. The van der Waals surface area contributed by atoms with Gasteiger partial charge in [-0.1, -0.05) is 11.6 Å². The summed E-state index contributed by atoms with van der Waals surface area (Å²) >= 11 is 6.27. The second-order valence-electron chi connectivity index (χ2n) is 9.94. The Bertz CT molecular complexity index is 1310. The SMILES string of the molecule is Cc1cc2cnc(Nc3cnn(C4CC4(F)F)c3Cl)nc2cc1C1CCN([C@H]2COC[C@H]2O)C[C@@H]1F. The van der Waals surface area contributed by atoms with Crippen LogP contribution in [0.25, 0.3) is 10.9 Å². The lowest BCUT2D eigenvalue weighted by atomic mass is 9.84. The minimum Gasteiger partial charge on any atom is -0.389 e. The molecule has 192 valence electrons. The van der Waals surface area contributed by atoms with Gasteiger partial charge < -0.3 is 15.2 Å². The van der Waals surface area contributed by atoms with Crippen LogP contribution in [-0.2, 0) is 4.74 Å². The average Bonchev–Trinajstić information content (AvgIpc) is 3.12. The van der Waals surface area contributed by atoms with E-state index >= 15 is 4.39 Å². The third-order valence-electron chi connectivity index (χ3n) is 7.50. The van der Waals surface area contributed by atoms with E-state index in [1.54, 1.807) is 6.20 Å². The second-order valence-corrected chi connectivity index (χ2v) is 10.3. The van der Waals surface area contributed by atoms with Crippen LogP contribution in [0.2, 0.25) is 5.15 Å². The van der Waals surface area contributed by atoms with Crippen molar-refractivity contribution in [3.8, 4) is 0 Å². The second kappa shape index (κ2) is 8.83. The molecular weight excluding hydrogens is 497 g/mol. The summed E-state index contributed by atoms with van der Waals surface area (Å²) < 4.78 is 48.7. The van der Waals surface area contributed by atoms with Crippen LogP contribution in [-0.4, -0.2) is 80.3 Å². The van der Waals surface area contributed by atoms with Crippen molar-refractivity contribution in [2.24, 2.45) is 0 Å². The largest absolute Gasteiger partial charge is 0.389 e. The number of alkyl halides is 3. The van der Waals surface area contributed by atoms with Crippen molar-refractivity contribution in [3.05, 3.63) is 40.8 Å². The Hall–Kier alpha value is -2.47. The van der Waals surface area contributed by atoms with E-state index in [9.17, 15) is 13.9 Å². The lowest BCUT2D eigenvalue weighted by molar-refractivity contribution is 0.0352. The zero-order valence-electron chi connectivity index (χ0n) is 19.5. The van der Waals surface area contributed by atoms with Gasteiger partial charge in [0.15, 0.2) is 5.15 Å². The molecule has 0 spiro atoms. The van der Waals surface area contributed by atoms with Crippen molar-refractivity contribution < 1.29 is 23.0 Å². The molecule has 1 aromatic carbocycles. The number of fused-ring (bicyclic) bond motifs is 1. The van der Waals surface area contributed by atoms with E-state index in [0.29, 0.717) is 37.4 Å². The summed E-state index contributed by atoms with van der Waals surface area (Å²) in [5, 5.41) is 17.9. The Morgan fingerprint density at radius 2 is 2.06 bits per heavy atom. The fourth-order valence-corrected chi connectivity index (χ4v) is 5.62. The molecule has 12 heteroatoms. The van der Waals surface area contributed by atoms with E-state index in [1.165, 1.54) is 6.20 Å². The number of ether oxygens (including phenoxy) is 1. The van der Waals surface area contributed by atoms with Gasteiger partial charge in [0.2, 0.25) is 5.95 Å². The maximum Gasteiger partial charge on any atom is 0.272 e. The lowest BCUT2D eigenvalue weighted by Crippen LogP contribution is -2.50. The Balaban J connectivity index is 1.22. The Morgan fingerprint density at radius 3 is 2.75 bits per heavy atom. The van der Waals surface area contributed by atoms with E-state index in [-0.39, 0.29) is 36.0 Å². The highest BCUT2D eigenvalue weighted by Gasteiger charge is 2.59. The summed E-state index contributed by atoms with van der Waals surface area (Å²) in [6.07, 6.45) is 1.69. The number of piperidine rings is 1. The fraction of sp³-hybridized carbons (Fsp3) is 0.542. The number of aliphatic hydroxyl groups excluding tert-OH is 1. The van der Waals surface area contributed by atoms with Crippen LogP contribution >= 0.6 is 11.6 Å². The summed E-state index contributed by atoms with van der Waals surface area (Å²) in [4.78, 5) is 10.9. The summed E-state index contributed by atoms with van der Waals surface area (Å²) in [6, 6.07) is 2.65. The van der Waals surface area contributed by atoms with Crippen molar-refractivity contribution >= 4 is 34.1 Å². The highest BCUT2D eigenvalue weighted by Crippen LogP contribution is 2.53. The first-order valence-corrected chi connectivity index (χ1v) is 12.4. The minimum absolute atomic E-state index is 0.0651. The van der Waals surface area contributed by atoms with Gasteiger partial charge in [-0.05, 0) is 43.1 Å². The van der Waals surface area contributed by atoms with Gasteiger partial charge in [0.25, 0.3) is 5.92 Å². The standard InChI is InChI=1S/C24H26ClF3N6O2/c1-12-4-13-7-29-23(32-18-8-30-34(22(18)25)21-6-24(21,27)28)31-17(13)5-15(12)14-2-3-33(9-16(14)26)19-10-36-11-20(19)35/h4-5,7-8,14,16,19-21,35H,2-3,6,9-11H2,1H3,(H,29,31,32)/t14?,16-,19-,20+,21?/m0/s1. The highest BCUT2D eigenvalue weighted by molar-refractivity contribution is 6.32. The summed E-state index contributed by atoms with van der Waals surface area (Å²) in [5.41, 5.74) is 2.83. The van der Waals surface area contributed by atoms with Gasteiger partial charge in [-0.3, -0.25) is 4.90 Å². The number of likely N-dealkylation sites (tertiary alicyclic amines) is 1. The van der Waals surface area contributed by atoms with E-state index in [2.05, 4.69) is 20.4 Å². The number of hydrogen-bond donors (Lipinski definition) is 2. The van der Waals surface area contributed by atoms with Gasteiger partial charge in [0.1, 0.15) is 12.2 Å². The molecule has 2 N–H and O–H groups in total. The number of aliphatic hydroxyl groups is 1. The van der Waals surface area contributed by atoms with Gasteiger partial charge in [0, 0.05) is 30.5 Å². The molecule has 1 aliphatic carbocycles. The summed E-state index contributed by atoms with van der Waals surface area (Å²) in [5.74, 6) is -2.84. The molecule has 1 saturated carbocycles. The first kappa shape index (κ1) is 23.9. The number of aryl methyl sites for hydroxylation is 1. The van der Waals surface area contributed by atoms with Crippen LogP contribution in [0.15, 0.2) is 24.5 Å². The van der Waals surface area contributed by atoms with Gasteiger partial charge >= 0.3 is 0 Å². The molecule has 2 aliphatic heterocycles. The Kier molecular flexibility index (Phi) is 5.86. The maximum absolute atomic E-state index is 15.4. The number of halogens is 4. The smallest absolute Gasteiger partial charge is 0.272 e. The average molecular weight is 523 g/mol. The van der Waals surface area contributed by atoms with E-state index < -0.39 is 24.2 Å². The summed E-state index contributed by atoms with van der Waals surface area (Å²) in [6.45, 7) is 3.59. The first-order valence-electron chi connectivity index (χ1n) is 12.0. The van der Waals surface area contributed by atoms with Crippen LogP contribution in [0.3, 0.4) is 0 Å². The van der Waals surface area contributed by atoms with Gasteiger partial charge in [-0.15, -0.1) is 0 Å². The molecular formula is C24H26ClF3N6O2. The maximum atomic E-state index is 15.4. The molecule has 2 saturated heterocycles. The predicted molar refractivity (Wildman–Crippen MR) is 128 cm³/mol. The van der Waals surface area contributed by atoms with E-state index in [4.69, 9.17) is 16.3 Å². The Labute approximate surface area is 210 Å². The molecule has 8 nitrogen and oxygen atoms in total. The molecule has 6 rings (SSSR count). The number of rotatable bonds is 5. The first-order chi connectivity index (χ1) is 17.2. The number of hydrogen-bond acceptors (Lipinski definition) is 7. The van der Waals surface area contributed by atoms with Crippen LogP contribution in [0, 0.1) is 6.92 Å². The zero-order valence-corrected chi connectivity index (χ0v) is 20.3. The van der Waals surface area contributed by atoms with Crippen molar-refractivity contribution in [1.82, 2.24) is 24.6 Å². The van der Waals surface area contributed by atoms with Crippen molar-refractivity contribution in [3.63, 3.8) is 0 Å². The molecule has 0 bridgehead atoms. The third-order valence-corrected chi connectivity index (χ3v) is 7.88. The van der Waals surface area contributed by atoms with Gasteiger partial charge in [-0.25, -0.2) is 27.8 Å². The third kappa shape index (κ3) is 4.21. The number of aromatic nitrogens is 4. The number of benzene rings is 1. The predicted octanol–water partition coefficient (Wildman–Crippen LogP) is 4.00. The number of nitrogens with zero attached hydrogens (tertiary/aromatic N) is 5. The molecule has 2 aromatic heterocycles. The zero-order chi connectivity index (χ0) is 25.2. The normalized spacial score (nSPS) is 30.1. The van der Waals surface area contributed by atoms with Crippen LogP contribution in [0.5, 0.6) is 0 Å². The monoisotopic (exact) mass is 522 g/mol. The quantitative estimate of drug-likeness (QED) is 0.523. The van der Waals surface area contributed by atoms with Crippen molar-refractivity contribution in [1.29, 1.82) is 0 Å². The van der Waals surface area contributed by atoms with Crippen molar-refractivity contribution in [2.45, 2.75) is 56.0 Å². The molecule has 36 heavy (non-hydrogen) atoms. The molecule has 3 fully saturated rings. The van der Waals surface area contributed by atoms with Gasteiger partial charge in [0.05, 0.1) is 42.8 Å². The molecule has 3 aliphatic rings. The van der Waals surface area contributed by atoms with Crippen LogP contribution < -0.4 is 5.32 Å². The Morgan fingerprint density at radius 1 is 1.25 bits per heavy atom. The van der Waals surface area contributed by atoms with Crippen LogP contribution in [0.4, 0.5) is 24.8 Å². The fourth-order valence-electron chi connectivity index (χ4n) is 5.36. The topological polar surface area (TPSA) is 88.3 Å². The van der Waals surface area contributed by atoms with E-state index in [1.807, 2.05) is 24.0 Å². The van der Waals surface area contributed by atoms with E-state index in [0.717, 1.165) is 21.2 Å². The molecule has 2 unspecified atom stereocenters. The summed E-state index contributed by atoms with van der Waals surface area (Å²) in [7, 11) is 0. The molecule has 0 amide bonds. The number of anilines is 2. The number of nitrogens with one attached hydrogen (secondary N) is 1. The molecule has 4 heterocycles. The molecule has 5 atom stereocenters.